The van der Waals surface area contributed by atoms with Gasteiger partial charge in [-0.25, -0.2) is 4.98 Å². The zero-order valence-electron chi connectivity index (χ0n) is 14.4. The lowest BCUT2D eigenvalue weighted by Gasteiger charge is -2.08. The highest BCUT2D eigenvalue weighted by Gasteiger charge is 2.14. The molecule has 0 spiro atoms. The zero-order valence-corrected chi connectivity index (χ0v) is 16.1. The van der Waals surface area contributed by atoms with E-state index in [1.54, 1.807) is 22.7 Å². The van der Waals surface area contributed by atoms with Crippen molar-refractivity contribution in [2.45, 2.75) is 6.42 Å². The summed E-state index contributed by atoms with van der Waals surface area (Å²) in [7, 11) is 0. The van der Waals surface area contributed by atoms with Crippen LogP contribution in [-0.4, -0.2) is 23.2 Å². The minimum absolute atomic E-state index is 0.685. The lowest BCUT2D eigenvalue weighted by molar-refractivity contribution is 0.297. The third-order valence-electron chi connectivity index (χ3n) is 4.28. The van der Waals surface area contributed by atoms with Gasteiger partial charge in [0.05, 0.1) is 34.4 Å². The van der Waals surface area contributed by atoms with Gasteiger partial charge >= 0.3 is 0 Å². The Morgan fingerprint density at radius 1 is 0.852 bits per heavy atom. The molecule has 27 heavy (non-hydrogen) atoms. The zero-order chi connectivity index (χ0) is 18.1. The van der Waals surface area contributed by atoms with Gasteiger partial charge in [-0.2, -0.15) is 0 Å². The molecule has 0 N–H and O–H groups in total. The van der Waals surface area contributed by atoms with Crippen molar-refractivity contribution in [1.29, 1.82) is 0 Å². The summed E-state index contributed by atoms with van der Waals surface area (Å²) in [5.74, 6) is 1.61. The normalized spacial score (nSPS) is 13.3. The Morgan fingerprint density at radius 2 is 1.74 bits per heavy atom. The van der Waals surface area contributed by atoms with Crippen molar-refractivity contribution in [2.75, 3.05) is 13.2 Å². The van der Waals surface area contributed by atoms with Crippen molar-refractivity contribution < 1.29 is 9.47 Å². The minimum atomic E-state index is 0.685. The topological polar surface area (TPSA) is 44.2 Å². The number of nitrogens with zero attached hydrogens (tertiary/aromatic N) is 2. The van der Waals surface area contributed by atoms with Crippen molar-refractivity contribution in [1.82, 2.24) is 9.97 Å². The first-order valence-corrected chi connectivity index (χ1v) is 10.4. The number of benzene rings is 1. The Kier molecular flexibility index (Phi) is 4.35. The first-order valence-electron chi connectivity index (χ1n) is 8.74. The number of fused-ring (bicyclic) bond motifs is 1. The van der Waals surface area contributed by atoms with Crippen molar-refractivity contribution in [3.05, 3.63) is 60.1 Å². The fourth-order valence-electron chi connectivity index (χ4n) is 2.94. The molecule has 0 bridgehead atoms. The first-order chi connectivity index (χ1) is 13.4. The number of thiazole rings is 1. The predicted octanol–water partition coefficient (Wildman–Crippen LogP) is 5.76. The molecule has 0 aliphatic carbocycles. The summed E-state index contributed by atoms with van der Waals surface area (Å²) in [6.07, 6.45) is 2.72. The van der Waals surface area contributed by atoms with Gasteiger partial charge in [0.15, 0.2) is 11.5 Å². The number of aromatic nitrogens is 2. The van der Waals surface area contributed by atoms with Crippen LogP contribution in [0, 0.1) is 0 Å². The molecular weight excluding hydrogens is 376 g/mol. The van der Waals surface area contributed by atoms with Crippen LogP contribution >= 0.6 is 22.7 Å². The van der Waals surface area contributed by atoms with Gasteiger partial charge in [-0.1, -0.05) is 6.07 Å². The third kappa shape index (κ3) is 3.34. The van der Waals surface area contributed by atoms with E-state index >= 15 is 0 Å². The Balaban J connectivity index is 1.44. The summed E-state index contributed by atoms with van der Waals surface area (Å²) in [5, 5.41) is 3.11. The first kappa shape index (κ1) is 16.5. The van der Waals surface area contributed by atoms with E-state index in [2.05, 4.69) is 22.5 Å². The Labute approximate surface area is 165 Å². The van der Waals surface area contributed by atoms with Gasteiger partial charge in [-0.05, 0) is 42.5 Å². The predicted molar refractivity (Wildman–Crippen MR) is 110 cm³/mol. The second-order valence-corrected chi connectivity index (χ2v) is 8.07. The van der Waals surface area contributed by atoms with Crippen LogP contribution in [0.3, 0.4) is 0 Å². The molecule has 1 aliphatic rings. The maximum Gasteiger partial charge on any atom is 0.161 e. The molecule has 4 aromatic rings. The standard InChI is InChI=1S/C21H16N2O2S2/c1-2-9-22-15(4-1)19-7-8-20(27-19)21-23-16(13-26-21)14-5-6-17-18(12-14)25-11-3-10-24-17/h1-2,4-9,12-13H,3,10-11H2. The number of rotatable bonds is 3. The smallest absolute Gasteiger partial charge is 0.161 e. The lowest BCUT2D eigenvalue weighted by Crippen LogP contribution is -1.97. The van der Waals surface area contributed by atoms with Crippen molar-refractivity contribution >= 4 is 22.7 Å². The SMILES string of the molecule is c1ccc(-c2ccc(-c3nc(-c4ccc5c(c4)OCCCO5)cs3)s2)nc1. The number of hydrogen-bond acceptors (Lipinski definition) is 6. The molecule has 1 aliphatic heterocycles. The van der Waals surface area contributed by atoms with E-state index in [9.17, 15) is 0 Å². The van der Waals surface area contributed by atoms with Gasteiger partial charge in [0.1, 0.15) is 5.01 Å². The Bertz CT molecular complexity index is 1070. The lowest BCUT2D eigenvalue weighted by atomic mass is 10.1. The summed E-state index contributed by atoms with van der Waals surface area (Å²) in [4.78, 5) is 11.6. The van der Waals surface area contributed by atoms with Gasteiger partial charge in [0.2, 0.25) is 0 Å². The highest BCUT2D eigenvalue weighted by Crippen LogP contribution is 2.38. The average Bonchev–Trinajstić information content (AvgIpc) is 3.33. The van der Waals surface area contributed by atoms with Crippen LogP contribution in [0.25, 0.3) is 31.7 Å². The summed E-state index contributed by atoms with van der Waals surface area (Å²) in [6.45, 7) is 1.38. The maximum atomic E-state index is 5.80. The van der Waals surface area contributed by atoms with Crippen LogP contribution in [0.15, 0.2) is 60.1 Å². The van der Waals surface area contributed by atoms with Crippen molar-refractivity contribution in [3.63, 3.8) is 0 Å². The van der Waals surface area contributed by atoms with Crippen LogP contribution in [0.1, 0.15) is 6.42 Å². The van der Waals surface area contributed by atoms with E-state index in [-0.39, 0.29) is 0 Å². The van der Waals surface area contributed by atoms with E-state index < -0.39 is 0 Å². The highest BCUT2D eigenvalue weighted by molar-refractivity contribution is 7.23. The molecule has 0 unspecified atom stereocenters. The number of ether oxygens (including phenoxy) is 2. The Morgan fingerprint density at radius 3 is 2.63 bits per heavy atom. The fourth-order valence-corrected chi connectivity index (χ4v) is 4.83. The molecule has 6 heteroatoms. The van der Waals surface area contributed by atoms with E-state index in [4.69, 9.17) is 14.5 Å². The fraction of sp³-hybridized carbons (Fsp3) is 0.143. The molecule has 0 saturated carbocycles. The van der Waals surface area contributed by atoms with Crippen LogP contribution < -0.4 is 9.47 Å². The molecule has 0 amide bonds. The molecule has 0 atom stereocenters. The number of hydrogen-bond donors (Lipinski definition) is 0. The maximum absolute atomic E-state index is 5.80. The number of pyridine rings is 1. The molecule has 1 aromatic carbocycles. The van der Waals surface area contributed by atoms with Gasteiger partial charge < -0.3 is 9.47 Å². The quantitative estimate of drug-likeness (QED) is 0.444. The summed E-state index contributed by atoms with van der Waals surface area (Å²) in [5.41, 5.74) is 3.00. The summed E-state index contributed by atoms with van der Waals surface area (Å²) in [6, 6.07) is 16.2. The molecule has 5 rings (SSSR count). The minimum Gasteiger partial charge on any atom is -0.490 e. The molecule has 0 radical (unpaired) electrons. The van der Waals surface area contributed by atoms with E-state index in [0.29, 0.717) is 13.2 Å². The summed E-state index contributed by atoms with van der Waals surface area (Å²) >= 11 is 3.37. The monoisotopic (exact) mass is 392 g/mol. The molecular formula is C21H16N2O2S2. The van der Waals surface area contributed by atoms with Crippen LogP contribution in [-0.2, 0) is 0 Å². The second kappa shape index (κ2) is 7.13. The van der Waals surface area contributed by atoms with Gasteiger partial charge in [0, 0.05) is 23.6 Å². The molecule has 0 saturated heterocycles. The molecule has 4 nitrogen and oxygen atoms in total. The third-order valence-corrected chi connectivity index (χ3v) is 6.40. The van der Waals surface area contributed by atoms with Gasteiger partial charge in [-0.15, -0.1) is 22.7 Å². The molecule has 134 valence electrons. The van der Waals surface area contributed by atoms with Crippen LogP contribution in [0.4, 0.5) is 0 Å². The van der Waals surface area contributed by atoms with Gasteiger partial charge in [-0.3, -0.25) is 4.98 Å². The average molecular weight is 393 g/mol. The Hall–Kier alpha value is -2.70. The summed E-state index contributed by atoms with van der Waals surface area (Å²) < 4.78 is 11.5. The molecule has 0 fully saturated rings. The van der Waals surface area contributed by atoms with Crippen LogP contribution in [0.5, 0.6) is 11.5 Å². The van der Waals surface area contributed by atoms with Crippen molar-refractivity contribution in [2.24, 2.45) is 0 Å². The van der Waals surface area contributed by atoms with Gasteiger partial charge in [0.25, 0.3) is 0 Å². The van der Waals surface area contributed by atoms with E-state index in [0.717, 1.165) is 49.6 Å². The highest BCUT2D eigenvalue weighted by atomic mass is 32.1. The van der Waals surface area contributed by atoms with Crippen LogP contribution in [0.2, 0.25) is 0 Å². The van der Waals surface area contributed by atoms with Crippen molar-refractivity contribution in [3.8, 4) is 43.2 Å². The molecule has 4 heterocycles. The largest absolute Gasteiger partial charge is 0.490 e. The number of thiophene rings is 1. The second-order valence-electron chi connectivity index (χ2n) is 6.13. The molecule has 3 aromatic heterocycles. The van der Waals surface area contributed by atoms with E-state index in [1.165, 1.54) is 0 Å². The van der Waals surface area contributed by atoms with E-state index in [1.807, 2.05) is 42.6 Å².